The fraction of sp³-hybridized carbons (Fsp3) is 0.200. The zero-order chi connectivity index (χ0) is 14.1. The molecule has 0 aliphatic rings. The molecule has 3 aromatic rings. The van der Waals surface area contributed by atoms with Crippen molar-refractivity contribution >= 4 is 27.4 Å². The first-order chi connectivity index (χ1) is 9.63. The molecule has 0 bridgehead atoms. The Kier molecular flexibility index (Phi) is 3.36. The second-order valence-electron chi connectivity index (χ2n) is 4.76. The van der Waals surface area contributed by atoms with E-state index in [2.05, 4.69) is 27.9 Å². The number of nitrogens with zero attached hydrogens (tertiary/aromatic N) is 3. The summed E-state index contributed by atoms with van der Waals surface area (Å²) in [6.45, 7) is 2.75. The number of thiophene rings is 1. The predicted molar refractivity (Wildman–Crippen MR) is 80.7 cm³/mol. The third-order valence-electron chi connectivity index (χ3n) is 3.13. The van der Waals surface area contributed by atoms with E-state index in [1.165, 1.54) is 17.0 Å². The molecule has 2 heterocycles. The maximum Gasteiger partial charge on any atom is 0.140 e. The molecule has 0 saturated heterocycles. The summed E-state index contributed by atoms with van der Waals surface area (Å²) in [6, 6.07) is 8.66. The Morgan fingerprint density at radius 2 is 1.95 bits per heavy atom. The minimum absolute atomic E-state index is 0.214. The number of hydrogen-bond donors (Lipinski definition) is 0. The van der Waals surface area contributed by atoms with E-state index < -0.39 is 0 Å². The van der Waals surface area contributed by atoms with Crippen molar-refractivity contribution in [2.24, 2.45) is 0 Å². The fourth-order valence-electron chi connectivity index (χ4n) is 2.21. The lowest BCUT2D eigenvalue weighted by Gasteiger charge is -2.18. The first-order valence-corrected chi connectivity index (χ1v) is 7.12. The maximum absolute atomic E-state index is 12.9. The minimum Gasteiger partial charge on any atom is -0.355 e. The Balaban J connectivity index is 1.92. The molecule has 20 heavy (non-hydrogen) atoms. The van der Waals surface area contributed by atoms with Gasteiger partial charge in [-0.3, -0.25) is 0 Å². The summed E-state index contributed by atoms with van der Waals surface area (Å²) in [4.78, 5) is 13.0. The smallest absolute Gasteiger partial charge is 0.140 e. The molecule has 0 N–H and O–H groups in total. The van der Waals surface area contributed by atoms with Crippen LogP contribution in [0.5, 0.6) is 0 Å². The standard InChI is InChI=1S/C15H14FN3S/c1-10-7-13-14(17-9-18-15(13)20-10)19(2)8-11-3-5-12(16)6-4-11/h3-7,9H,8H2,1-2H3. The summed E-state index contributed by atoms with van der Waals surface area (Å²) in [5.41, 5.74) is 1.05. The second kappa shape index (κ2) is 5.17. The highest BCUT2D eigenvalue weighted by Crippen LogP contribution is 2.29. The van der Waals surface area contributed by atoms with E-state index in [9.17, 15) is 4.39 Å². The van der Waals surface area contributed by atoms with Crippen LogP contribution in [0.1, 0.15) is 10.4 Å². The van der Waals surface area contributed by atoms with Crippen LogP contribution in [-0.4, -0.2) is 17.0 Å². The number of aromatic nitrogens is 2. The van der Waals surface area contributed by atoms with Crippen LogP contribution in [0, 0.1) is 12.7 Å². The van der Waals surface area contributed by atoms with Crippen molar-refractivity contribution in [3.8, 4) is 0 Å². The van der Waals surface area contributed by atoms with Crippen LogP contribution in [0.2, 0.25) is 0 Å². The van der Waals surface area contributed by atoms with Crippen LogP contribution in [-0.2, 0) is 6.54 Å². The SMILES string of the molecule is Cc1cc2c(N(C)Cc3ccc(F)cc3)ncnc2s1. The van der Waals surface area contributed by atoms with Gasteiger partial charge in [-0.1, -0.05) is 12.1 Å². The molecule has 0 amide bonds. The van der Waals surface area contributed by atoms with Crippen LogP contribution >= 0.6 is 11.3 Å². The van der Waals surface area contributed by atoms with E-state index >= 15 is 0 Å². The van der Waals surface area contributed by atoms with Gasteiger partial charge in [0, 0.05) is 18.5 Å². The van der Waals surface area contributed by atoms with Crippen molar-refractivity contribution in [2.45, 2.75) is 13.5 Å². The van der Waals surface area contributed by atoms with Gasteiger partial charge in [0.25, 0.3) is 0 Å². The van der Waals surface area contributed by atoms with Crippen LogP contribution < -0.4 is 4.90 Å². The Morgan fingerprint density at radius 3 is 2.70 bits per heavy atom. The van der Waals surface area contributed by atoms with Crippen LogP contribution in [0.4, 0.5) is 10.2 Å². The van der Waals surface area contributed by atoms with Crippen LogP contribution in [0.15, 0.2) is 36.7 Å². The van der Waals surface area contributed by atoms with Crippen LogP contribution in [0.3, 0.4) is 0 Å². The molecular weight excluding hydrogens is 273 g/mol. The molecule has 102 valence electrons. The fourth-order valence-corrected chi connectivity index (χ4v) is 3.05. The van der Waals surface area contributed by atoms with E-state index in [1.807, 2.05) is 7.05 Å². The minimum atomic E-state index is -0.214. The molecule has 0 unspecified atom stereocenters. The molecule has 0 atom stereocenters. The summed E-state index contributed by atoms with van der Waals surface area (Å²) < 4.78 is 12.9. The topological polar surface area (TPSA) is 29.0 Å². The summed E-state index contributed by atoms with van der Waals surface area (Å²) in [5, 5.41) is 1.07. The average Bonchev–Trinajstić information content (AvgIpc) is 2.81. The highest BCUT2D eigenvalue weighted by molar-refractivity contribution is 7.18. The van der Waals surface area contributed by atoms with Gasteiger partial charge in [0.1, 0.15) is 22.8 Å². The Bertz CT molecular complexity index is 736. The summed E-state index contributed by atoms with van der Waals surface area (Å²) >= 11 is 1.66. The lowest BCUT2D eigenvalue weighted by molar-refractivity contribution is 0.627. The highest BCUT2D eigenvalue weighted by Gasteiger charge is 2.11. The van der Waals surface area contributed by atoms with Gasteiger partial charge >= 0.3 is 0 Å². The monoisotopic (exact) mass is 287 g/mol. The Labute approximate surface area is 120 Å². The van der Waals surface area contributed by atoms with E-state index in [0.29, 0.717) is 6.54 Å². The van der Waals surface area contributed by atoms with Gasteiger partial charge in [-0.25, -0.2) is 14.4 Å². The van der Waals surface area contributed by atoms with Crippen molar-refractivity contribution in [3.05, 3.63) is 52.9 Å². The molecule has 5 heteroatoms. The van der Waals surface area contributed by atoms with Crippen molar-refractivity contribution in [1.82, 2.24) is 9.97 Å². The lowest BCUT2D eigenvalue weighted by atomic mass is 10.2. The van der Waals surface area contributed by atoms with E-state index in [0.717, 1.165) is 21.6 Å². The lowest BCUT2D eigenvalue weighted by Crippen LogP contribution is -2.17. The number of fused-ring (bicyclic) bond motifs is 1. The summed E-state index contributed by atoms with van der Waals surface area (Å²) in [7, 11) is 1.98. The molecule has 3 rings (SSSR count). The first-order valence-electron chi connectivity index (χ1n) is 6.30. The van der Waals surface area contributed by atoms with E-state index in [-0.39, 0.29) is 5.82 Å². The van der Waals surface area contributed by atoms with E-state index in [1.54, 1.807) is 29.8 Å². The number of aryl methyl sites for hydroxylation is 1. The first kappa shape index (κ1) is 13.0. The number of hydrogen-bond acceptors (Lipinski definition) is 4. The van der Waals surface area contributed by atoms with Gasteiger partial charge in [-0.2, -0.15) is 0 Å². The van der Waals surface area contributed by atoms with Gasteiger partial charge in [0.05, 0.1) is 5.39 Å². The largest absolute Gasteiger partial charge is 0.355 e. The van der Waals surface area contributed by atoms with E-state index in [4.69, 9.17) is 0 Å². The summed E-state index contributed by atoms with van der Waals surface area (Å²) in [5.74, 6) is 0.693. The number of rotatable bonds is 3. The zero-order valence-electron chi connectivity index (χ0n) is 11.3. The molecule has 0 aliphatic carbocycles. The van der Waals surface area contributed by atoms with Crippen molar-refractivity contribution < 1.29 is 4.39 Å². The van der Waals surface area contributed by atoms with Gasteiger partial charge in [0.2, 0.25) is 0 Å². The molecule has 2 aromatic heterocycles. The molecule has 0 aliphatic heterocycles. The Hall–Kier alpha value is -2.01. The van der Waals surface area contributed by atoms with Crippen LogP contribution in [0.25, 0.3) is 10.2 Å². The van der Waals surface area contributed by atoms with Crippen molar-refractivity contribution in [3.63, 3.8) is 0 Å². The average molecular weight is 287 g/mol. The maximum atomic E-state index is 12.9. The number of anilines is 1. The van der Waals surface area contributed by atoms with Gasteiger partial charge < -0.3 is 4.90 Å². The van der Waals surface area contributed by atoms with Crippen molar-refractivity contribution in [1.29, 1.82) is 0 Å². The van der Waals surface area contributed by atoms with Gasteiger partial charge in [0.15, 0.2) is 0 Å². The molecule has 0 saturated carbocycles. The highest BCUT2D eigenvalue weighted by atomic mass is 32.1. The number of benzene rings is 1. The third-order valence-corrected chi connectivity index (χ3v) is 4.08. The molecule has 0 radical (unpaired) electrons. The third kappa shape index (κ3) is 2.49. The molecule has 0 fully saturated rings. The zero-order valence-corrected chi connectivity index (χ0v) is 12.1. The molecule has 1 aromatic carbocycles. The second-order valence-corrected chi connectivity index (χ2v) is 5.99. The van der Waals surface area contributed by atoms with Gasteiger partial charge in [-0.05, 0) is 30.7 Å². The quantitative estimate of drug-likeness (QED) is 0.734. The van der Waals surface area contributed by atoms with Gasteiger partial charge in [-0.15, -0.1) is 11.3 Å². The number of halogens is 1. The molecule has 3 nitrogen and oxygen atoms in total. The summed E-state index contributed by atoms with van der Waals surface area (Å²) in [6.07, 6.45) is 1.59. The molecular formula is C15H14FN3S. The van der Waals surface area contributed by atoms with Crippen molar-refractivity contribution in [2.75, 3.05) is 11.9 Å². The molecule has 0 spiro atoms. The normalized spacial score (nSPS) is 10.9. The Morgan fingerprint density at radius 1 is 1.20 bits per heavy atom. The predicted octanol–water partition coefficient (Wildman–Crippen LogP) is 3.78.